The molecule has 6 nitrogen and oxygen atoms in total. The number of methoxy groups -OCH3 is 1. The van der Waals surface area contributed by atoms with Crippen molar-refractivity contribution < 1.29 is 26.7 Å². The van der Waals surface area contributed by atoms with Crippen molar-refractivity contribution in [2.45, 2.75) is 17.7 Å². The number of halogens is 2. The second-order valence-corrected chi connectivity index (χ2v) is 7.96. The van der Waals surface area contributed by atoms with E-state index < -0.39 is 33.3 Å². The molecule has 1 saturated heterocycles. The van der Waals surface area contributed by atoms with Crippen molar-refractivity contribution in [1.29, 1.82) is 0 Å². The smallest absolute Gasteiger partial charge is 0.259 e. The van der Waals surface area contributed by atoms with E-state index in [0.29, 0.717) is 13.1 Å². The Morgan fingerprint density at radius 3 is 2.33 bits per heavy atom. The lowest BCUT2D eigenvalue weighted by atomic mass is 10.1. The first-order chi connectivity index (χ1) is 12.8. The van der Waals surface area contributed by atoms with E-state index in [9.17, 15) is 22.0 Å². The van der Waals surface area contributed by atoms with Crippen molar-refractivity contribution in [3.8, 4) is 5.75 Å². The summed E-state index contributed by atoms with van der Waals surface area (Å²) in [6.45, 7) is 0.826. The fourth-order valence-electron chi connectivity index (χ4n) is 2.90. The molecule has 2 aromatic rings. The highest BCUT2D eigenvalue weighted by Gasteiger charge is 2.29. The lowest BCUT2D eigenvalue weighted by Crippen LogP contribution is -2.28. The molecule has 27 heavy (non-hydrogen) atoms. The fourth-order valence-corrected chi connectivity index (χ4v) is 4.44. The van der Waals surface area contributed by atoms with Crippen LogP contribution in [0.2, 0.25) is 0 Å². The minimum Gasteiger partial charge on any atom is -0.496 e. The maximum atomic E-state index is 13.8. The number of carbonyl (C=O) groups is 1. The van der Waals surface area contributed by atoms with Crippen LogP contribution in [0, 0.1) is 11.6 Å². The molecule has 0 saturated carbocycles. The Hall–Kier alpha value is -2.52. The minimum atomic E-state index is -3.76. The lowest BCUT2D eigenvalue weighted by molar-refractivity contribution is 0.102. The number of benzene rings is 2. The van der Waals surface area contributed by atoms with Gasteiger partial charge in [0.05, 0.1) is 17.6 Å². The van der Waals surface area contributed by atoms with E-state index in [4.69, 9.17) is 4.74 Å². The second-order valence-electron chi connectivity index (χ2n) is 6.02. The first kappa shape index (κ1) is 19.2. The van der Waals surface area contributed by atoms with Gasteiger partial charge in [-0.25, -0.2) is 17.2 Å². The number of carbonyl (C=O) groups excluding carboxylic acids is 1. The molecule has 2 aromatic carbocycles. The summed E-state index contributed by atoms with van der Waals surface area (Å²) in [5, 5.41) is 2.14. The van der Waals surface area contributed by atoms with Gasteiger partial charge < -0.3 is 10.1 Å². The van der Waals surface area contributed by atoms with Crippen molar-refractivity contribution in [3.63, 3.8) is 0 Å². The molecule has 1 N–H and O–H groups in total. The first-order valence-corrected chi connectivity index (χ1v) is 9.72. The van der Waals surface area contributed by atoms with Crippen LogP contribution in [0.1, 0.15) is 23.2 Å². The van der Waals surface area contributed by atoms with Crippen molar-refractivity contribution in [2.75, 3.05) is 25.5 Å². The maximum absolute atomic E-state index is 13.8. The summed E-state index contributed by atoms with van der Waals surface area (Å²) in [5.74, 6) is -2.68. The van der Waals surface area contributed by atoms with Gasteiger partial charge in [-0.2, -0.15) is 4.31 Å². The molecule has 1 fully saturated rings. The van der Waals surface area contributed by atoms with E-state index in [1.165, 1.54) is 29.6 Å². The molecule has 1 amide bonds. The monoisotopic (exact) mass is 396 g/mol. The molecule has 0 aromatic heterocycles. The largest absolute Gasteiger partial charge is 0.496 e. The van der Waals surface area contributed by atoms with E-state index in [-0.39, 0.29) is 16.2 Å². The average molecular weight is 396 g/mol. The van der Waals surface area contributed by atoms with Crippen LogP contribution < -0.4 is 10.1 Å². The van der Waals surface area contributed by atoms with Gasteiger partial charge in [-0.05, 0) is 43.2 Å². The number of ether oxygens (including phenoxy) is 1. The first-order valence-electron chi connectivity index (χ1n) is 8.28. The molecule has 9 heteroatoms. The number of para-hydroxylation sites is 1. The highest BCUT2D eigenvalue weighted by molar-refractivity contribution is 7.89. The molecule has 1 aliphatic heterocycles. The van der Waals surface area contributed by atoms with Crippen molar-refractivity contribution in [2.24, 2.45) is 0 Å². The molecule has 1 aliphatic rings. The standard InChI is InChI=1S/C18H18F2N2O4S/c1-26-16-8-7-12(27(24,25)22-9-2-3-10-22)11-13(16)18(23)21-17-14(19)5-4-6-15(17)20/h4-8,11H,2-3,9-10H2,1H3,(H,21,23). The van der Waals surface area contributed by atoms with E-state index in [2.05, 4.69) is 5.32 Å². The van der Waals surface area contributed by atoms with Crippen LogP contribution in [0.5, 0.6) is 5.75 Å². The molecule has 0 bridgehead atoms. The number of rotatable bonds is 5. The van der Waals surface area contributed by atoms with Gasteiger partial charge in [0.2, 0.25) is 10.0 Å². The van der Waals surface area contributed by atoms with Gasteiger partial charge in [0, 0.05) is 13.1 Å². The van der Waals surface area contributed by atoms with E-state index in [0.717, 1.165) is 31.0 Å². The Labute approximate surface area is 155 Å². The van der Waals surface area contributed by atoms with Gasteiger partial charge in [0.25, 0.3) is 5.91 Å². The normalized spacial score (nSPS) is 14.9. The molecule has 3 rings (SSSR count). The third-order valence-corrected chi connectivity index (χ3v) is 6.21. The van der Waals surface area contributed by atoms with Gasteiger partial charge in [0.1, 0.15) is 23.1 Å². The van der Waals surface area contributed by atoms with Crippen LogP contribution >= 0.6 is 0 Å². The summed E-state index contributed by atoms with van der Waals surface area (Å²) in [6, 6.07) is 7.02. The number of amides is 1. The Bertz CT molecular complexity index is 953. The molecule has 0 aliphatic carbocycles. The van der Waals surface area contributed by atoms with Crippen LogP contribution in [-0.4, -0.2) is 38.8 Å². The topological polar surface area (TPSA) is 75.7 Å². The number of sulfonamides is 1. The van der Waals surface area contributed by atoms with Gasteiger partial charge in [0.15, 0.2) is 0 Å². The second kappa shape index (κ2) is 7.61. The summed E-state index contributed by atoms with van der Waals surface area (Å²) in [4.78, 5) is 12.5. The Morgan fingerprint density at radius 2 is 1.74 bits per heavy atom. The summed E-state index contributed by atoms with van der Waals surface area (Å²) < 4.78 is 59.4. The predicted octanol–water partition coefficient (Wildman–Crippen LogP) is 3.01. The van der Waals surface area contributed by atoms with Crippen molar-refractivity contribution in [3.05, 3.63) is 53.6 Å². The zero-order valence-corrected chi connectivity index (χ0v) is 15.4. The summed E-state index contributed by atoms with van der Waals surface area (Å²) in [6.07, 6.45) is 1.55. The zero-order valence-electron chi connectivity index (χ0n) is 14.5. The quantitative estimate of drug-likeness (QED) is 0.843. The van der Waals surface area contributed by atoms with Crippen LogP contribution in [-0.2, 0) is 10.0 Å². The molecule has 0 radical (unpaired) electrons. The molecular formula is C18H18F2N2O4S. The molecule has 144 valence electrons. The zero-order chi connectivity index (χ0) is 19.6. The number of nitrogens with one attached hydrogen (secondary N) is 1. The molecule has 1 heterocycles. The van der Waals surface area contributed by atoms with E-state index in [1.807, 2.05) is 0 Å². The Morgan fingerprint density at radius 1 is 1.11 bits per heavy atom. The minimum absolute atomic E-state index is 0.0793. The van der Waals surface area contributed by atoms with Crippen LogP contribution in [0.4, 0.5) is 14.5 Å². The van der Waals surface area contributed by atoms with Crippen molar-refractivity contribution in [1.82, 2.24) is 4.31 Å². The van der Waals surface area contributed by atoms with Gasteiger partial charge in [-0.1, -0.05) is 6.07 Å². The predicted molar refractivity (Wildman–Crippen MR) is 95.3 cm³/mol. The third kappa shape index (κ3) is 3.79. The molecule has 0 spiro atoms. The van der Waals surface area contributed by atoms with Gasteiger partial charge >= 0.3 is 0 Å². The Kier molecular flexibility index (Phi) is 5.43. The van der Waals surface area contributed by atoms with E-state index >= 15 is 0 Å². The van der Waals surface area contributed by atoms with Gasteiger partial charge in [-0.15, -0.1) is 0 Å². The SMILES string of the molecule is COc1ccc(S(=O)(=O)N2CCCC2)cc1C(=O)Nc1c(F)cccc1F. The average Bonchev–Trinajstić information content (AvgIpc) is 3.19. The number of nitrogens with zero attached hydrogens (tertiary/aromatic N) is 1. The van der Waals surface area contributed by atoms with Crippen LogP contribution in [0.3, 0.4) is 0 Å². The summed E-state index contributed by atoms with van der Waals surface area (Å²) in [5.41, 5.74) is -0.752. The summed E-state index contributed by atoms with van der Waals surface area (Å²) >= 11 is 0. The number of hydrogen-bond donors (Lipinski definition) is 1. The third-order valence-electron chi connectivity index (χ3n) is 4.32. The maximum Gasteiger partial charge on any atom is 0.259 e. The molecule has 0 atom stereocenters. The molecule has 0 unspecified atom stereocenters. The highest BCUT2D eigenvalue weighted by Crippen LogP contribution is 2.28. The van der Waals surface area contributed by atoms with E-state index in [1.54, 1.807) is 0 Å². The number of hydrogen-bond acceptors (Lipinski definition) is 4. The van der Waals surface area contributed by atoms with Crippen LogP contribution in [0.25, 0.3) is 0 Å². The lowest BCUT2D eigenvalue weighted by Gasteiger charge is -2.17. The summed E-state index contributed by atoms with van der Waals surface area (Å²) in [7, 11) is -2.45. The highest BCUT2D eigenvalue weighted by atomic mass is 32.2. The van der Waals surface area contributed by atoms with Crippen molar-refractivity contribution >= 4 is 21.6 Å². The van der Waals surface area contributed by atoms with Crippen LogP contribution in [0.15, 0.2) is 41.3 Å². The Balaban J connectivity index is 1.97. The molecular weight excluding hydrogens is 378 g/mol. The van der Waals surface area contributed by atoms with Gasteiger partial charge in [-0.3, -0.25) is 4.79 Å². The number of anilines is 1. The fraction of sp³-hybridized carbons (Fsp3) is 0.278.